The fraction of sp³-hybridized carbons (Fsp3) is 0.964. The smallest absolute Gasteiger partial charge is 0.306 e. The Bertz CT molecular complexity index is 603. The van der Waals surface area contributed by atoms with Crippen molar-refractivity contribution in [2.24, 2.45) is 29.6 Å². The Morgan fingerprint density at radius 1 is 1.09 bits per heavy atom. The number of aliphatic hydroxyl groups is 2. The van der Waals surface area contributed by atoms with Crippen LogP contribution in [0.2, 0.25) is 0 Å². The van der Waals surface area contributed by atoms with E-state index in [1.165, 1.54) is 19.3 Å². The van der Waals surface area contributed by atoms with Gasteiger partial charge < -0.3 is 20.1 Å². The van der Waals surface area contributed by atoms with Crippen LogP contribution in [-0.2, 0) is 9.53 Å². The van der Waals surface area contributed by atoms with Crippen molar-refractivity contribution in [3.8, 4) is 0 Å². The van der Waals surface area contributed by atoms with Gasteiger partial charge in [-0.2, -0.15) is 0 Å². The fourth-order valence-corrected chi connectivity index (χ4v) is 6.12. The van der Waals surface area contributed by atoms with Gasteiger partial charge in [-0.15, -0.1) is 0 Å². The average molecular weight is 469 g/mol. The minimum atomic E-state index is -0.752. The molecule has 2 aliphatic rings. The van der Waals surface area contributed by atoms with E-state index in [0.29, 0.717) is 42.6 Å². The zero-order valence-electron chi connectivity index (χ0n) is 22.2. The molecule has 0 bridgehead atoms. The number of carboxylic acid groups (broad SMARTS) is 1. The maximum Gasteiger partial charge on any atom is 0.306 e. The maximum absolute atomic E-state index is 10.9. The zero-order chi connectivity index (χ0) is 24.8. The van der Waals surface area contributed by atoms with Crippen molar-refractivity contribution in [1.82, 2.24) is 0 Å². The molecule has 0 spiro atoms. The van der Waals surface area contributed by atoms with Crippen LogP contribution in [0.3, 0.4) is 0 Å². The molecule has 1 saturated heterocycles. The molecule has 0 amide bonds. The summed E-state index contributed by atoms with van der Waals surface area (Å²) >= 11 is 0. The first kappa shape index (κ1) is 28.6. The summed E-state index contributed by atoms with van der Waals surface area (Å²) in [6, 6.07) is 0. The van der Waals surface area contributed by atoms with Gasteiger partial charge in [0.05, 0.1) is 29.3 Å². The Hall–Kier alpha value is -0.650. The molecule has 5 heteroatoms. The number of aliphatic hydroxyl groups excluding tert-OH is 1. The lowest BCUT2D eigenvalue weighted by atomic mass is 9.67. The van der Waals surface area contributed by atoms with E-state index < -0.39 is 11.6 Å². The summed E-state index contributed by atoms with van der Waals surface area (Å²) in [6.45, 7) is 12.6. The van der Waals surface area contributed by atoms with E-state index in [1.54, 1.807) is 6.92 Å². The molecule has 2 rings (SSSR count). The summed E-state index contributed by atoms with van der Waals surface area (Å²) in [5, 5.41) is 30.0. The van der Waals surface area contributed by atoms with Gasteiger partial charge >= 0.3 is 5.97 Å². The molecular formula is C28H52O5. The molecule has 1 aliphatic heterocycles. The van der Waals surface area contributed by atoms with Crippen LogP contribution in [-0.4, -0.2) is 44.7 Å². The van der Waals surface area contributed by atoms with E-state index in [2.05, 4.69) is 27.7 Å². The van der Waals surface area contributed by atoms with Gasteiger partial charge in [0, 0.05) is 0 Å². The van der Waals surface area contributed by atoms with Gasteiger partial charge in [0.15, 0.2) is 0 Å². The second kappa shape index (κ2) is 12.4. The Balaban J connectivity index is 1.64. The fourth-order valence-electron chi connectivity index (χ4n) is 6.12. The first-order valence-corrected chi connectivity index (χ1v) is 13.6. The molecule has 9 unspecified atom stereocenters. The van der Waals surface area contributed by atoms with E-state index in [0.717, 1.165) is 44.9 Å². The van der Waals surface area contributed by atoms with Crippen molar-refractivity contribution in [1.29, 1.82) is 0 Å². The zero-order valence-corrected chi connectivity index (χ0v) is 22.2. The number of carboxylic acids is 1. The lowest BCUT2D eigenvalue weighted by molar-refractivity contribution is -0.200. The molecule has 1 saturated carbocycles. The molecule has 33 heavy (non-hydrogen) atoms. The molecule has 3 N–H and O–H groups in total. The Kier molecular flexibility index (Phi) is 10.7. The minimum absolute atomic E-state index is 0.0338. The van der Waals surface area contributed by atoms with Crippen LogP contribution < -0.4 is 0 Å². The highest BCUT2D eigenvalue weighted by atomic mass is 16.5. The molecule has 194 valence electrons. The average Bonchev–Trinajstić information content (AvgIpc) is 2.72. The van der Waals surface area contributed by atoms with Gasteiger partial charge in [0.25, 0.3) is 0 Å². The molecule has 1 heterocycles. The summed E-state index contributed by atoms with van der Waals surface area (Å²) in [6.07, 6.45) is 11.7. The number of hydrogen-bond donors (Lipinski definition) is 3. The van der Waals surface area contributed by atoms with Crippen LogP contribution in [0.15, 0.2) is 0 Å². The van der Waals surface area contributed by atoms with Crippen LogP contribution in [0.5, 0.6) is 0 Å². The number of hydrogen-bond acceptors (Lipinski definition) is 4. The molecule has 9 atom stereocenters. The van der Waals surface area contributed by atoms with Crippen molar-refractivity contribution in [2.45, 2.75) is 142 Å². The number of fused-ring (bicyclic) bond motifs is 1. The summed E-state index contributed by atoms with van der Waals surface area (Å²) < 4.78 is 6.70. The number of ether oxygens (including phenoxy) is 1. The molecule has 0 radical (unpaired) electrons. The van der Waals surface area contributed by atoms with Crippen molar-refractivity contribution >= 4 is 5.97 Å². The van der Waals surface area contributed by atoms with E-state index in [1.807, 2.05) is 6.92 Å². The first-order valence-electron chi connectivity index (χ1n) is 13.6. The van der Waals surface area contributed by atoms with Crippen molar-refractivity contribution in [2.75, 3.05) is 0 Å². The van der Waals surface area contributed by atoms with Crippen LogP contribution in [0, 0.1) is 29.6 Å². The lowest BCUT2D eigenvalue weighted by Crippen LogP contribution is -2.52. The second-order valence-electron chi connectivity index (χ2n) is 12.4. The van der Waals surface area contributed by atoms with E-state index in [9.17, 15) is 15.0 Å². The van der Waals surface area contributed by atoms with Gasteiger partial charge in [0.1, 0.15) is 0 Å². The Labute approximate surface area is 202 Å². The highest BCUT2D eigenvalue weighted by molar-refractivity contribution is 5.69. The SMILES string of the molecule is CC(CCCC(C)(O)CCCC(C)C(=O)O)CCCC1(C)CCC2CC(O)C(C)C(C)C2O1. The topological polar surface area (TPSA) is 87.0 Å². The van der Waals surface area contributed by atoms with Gasteiger partial charge in [-0.05, 0) is 88.9 Å². The quantitative estimate of drug-likeness (QED) is 0.300. The van der Waals surface area contributed by atoms with Crippen LogP contribution in [0.1, 0.15) is 119 Å². The molecule has 2 fully saturated rings. The van der Waals surface area contributed by atoms with E-state index >= 15 is 0 Å². The van der Waals surface area contributed by atoms with E-state index in [4.69, 9.17) is 9.84 Å². The van der Waals surface area contributed by atoms with Gasteiger partial charge in [-0.1, -0.05) is 53.4 Å². The summed E-state index contributed by atoms with van der Waals surface area (Å²) in [5.41, 5.74) is -0.729. The standard InChI is InChI=1S/C28H52O5/c1-19(10-7-14-27(5,32)15-9-12-20(2)26(30)31)11-8-16-28(6)17-13-23-18-24(29)21(3)22(4)25(23)33-28/h19-25,29,32H,7-18H2,1-6H3,(H,30,31). The normalized spacial score (nSPS) is 35.9. The summed E-state index contributed by atoms with van der Waals surface area (Å²) in [5.74, 6) is 0.786. The number of aliphatic carboxylic acids is 1. The van der Waals surface area contributed by atoms with Crippen LogP contribution >= 0.6 is 0 Å². The number of rotatable bonds is 13. The highest BCUT2D eigenvalue weighted by Crippen LogP contribution is 2.46. The minimum Gasteiger partial charge on any atom is -0.481 e. The lowest BCUT2D eigenvalue weighted by Gasteiger charge is -2.51. The molecule has 5 nitrogen and oxygen atoms in total. The third-order valence-corrected chi connectivity index (χ3v) is 9.02. The maximum atomic E-state index is 10.9. The molecular weight excluding hydrogens is 416 g/mol. The van der Waals surface area contributed by atoms with Crippen molar-refractivity contribution in [3.63, 3.8) is 0 Å². The largest absolute Gasteiger partial charge is 0.481 e. The molecule has 0 aromatic heterocycles. The Morgan fingerprint density at radius 3 is 2.33 bits per heavy atom. The second-order valence-corrected chi connectivity index (χ2v) is 12.4. The van der Waals surface area contributed by atoms with Crippen LogP contribution in [0.4, 0.5) is 0 Å². The summed E-state index contributed by atoms with van der Waals surface area (Å²) in [4.78, 5) is 10.9. The van der Waals surface area contributed by atoms with Gasteiger partial charge in [0.2, 0.25) is 0 Å². The van der Waals surface area contributed by atoms with Crippen molar-refractivity contribution in [3.05, 3.63) is 0 Å². The third-order valence-electron chi connectivity index (χ3n) is 9.02. The monoisotopic (exact) mass is 468 g/mol. The third kappa shape index (κ3) is 8.81. The summed E-state index contributed by atoms with van der Waals surface area (Å²) in [7, 11) is 0. The Morgan fingerprint density at radius 2 is 1.70 bits per heavy atom. The van der Waals surface area contributed by atoms with Gasteiger partial charge in [-0.3, -0.25) is 4.79 Å². The first-order chi connectivity index (χ1) is 15.3. The van der Waals surface area contributed by atoms with Crippen LogP contribution in [0.25, 0.3) is 0 Å². The highest BCUT2D eigenvalue weighted by Gasteiger charge is 2.46. The predicted molar refractivity (Wildman–Crippen MR) is 133 cm³/mol. The molecule has 1 aliphatic carbocycles. The van der Waals surface area contributed by atoms with Gasteiger partial charge in [-0.25, -0.2) is 0 Å². The molecule has 0 aromatic carbocycles. The molecule has 0 aromatic rings. The number of carbonyl (C=O) groups is 1. The predicted octanol–water partition coefficient (Wildman–Crippen LogP) is 6.20. The van der Waals surface area contributed by atoms with Crippen molar-refractivity contribution < 1.29 is 24.9 Å². The van der Waals surface area contributed by atoms with E-state index in [-0.39, 0.29) is 17.6 Å².